The Morgan fingerprint density at radius 2 is 2.61 bits per heavy atom. The SMILES string of the molecule is CN(CC1CNCCO1)C(=O)/C=C/c1cccs1. The quantitative estimate of drug-likeness (QED) is 0.833. The van der Waals surface area contributed by atoms with Crippen molar-refractivity contribution in [3.05, 3.63) is 28.5 Å². The third-order valence-corrected chi connectivity index (χ3v) is 3.63. The molecule has 1 aromatic heterocycles. The number of morpholine rings is 1. The highest BCUT2D eigenvalue weighted by Crippen LogP contribution is 2.10. The van der Waals surface area contributed by atoms with Gasteiger partial charge in [-0.1, -0.05) is 6.07 Å². The summed E-state index contributed by atoms with van der Waals surface area (Å²) in [5.74, 6) is 0.0116. The molecule has 0 aromatic carbocycles. The average molecular weight is 266 g/mol. The molecule has 0 aliphatic carbocycles. The number of thiophene rings is 1. The topological polar surface area (TPSA) is 41.6 Å². The van der Waals surface area contributed by atoms with E-state index in [1.54, 1.807) is 29.4 Å². The fourth-order valence-corrected chi connectivity index (χ4v) is 2.42. The van der Waals surface area contributed by atoms with E-state index in [0.717, 1.165) is 24.6 Å². The molecule has 5 heteroatoms. The highest BCUT2D eigenvalue weighted by Gasteiger charge is 2.17. The number of carbonyl (C=O) groups is 1. The molecule has 1 fully saturated rings. The van der Waals surface area contributed by atoms with Crippen molar-refractivity contribution in [2.24, 2.45) is 0 Å². The van der Waals surface area contributed by atoms with E-state index in [1.165, 1.54) is 0 Å². The molecule has 2 rings (SSSR count). The predicted octanol–water partition coefficient (Wildman–Crippen LogP) is 1.21. The Kier molecular flexibility index (Phi) is 4.92. The van der Waals surface area contributed by atoms with Gasteiger partial charge in [-0.15, -0.1) is 11.3 Å². The van der Waals surface area contributed by atoms with Crippen LogP contribution in [0.2, 0.25) is 0 Å². The molecule has 0 radical (unpaired) electrons. The summed E-state index contributed by atoms with van der Waals surface area (Å²) in [6.07, 6.45) is 3.56. The zero-order valence-electron chi connectivity index (χ0n) is 10.5. The van der Waals surface area contributed by atoms with Crippen molar-refractivity contribution in [2.45, 2.75) is 6.10 Å². The summed E-state index contributed by atoms with van der Waals surface area (Å²) in [4.78, 5) is 14.7. The molecule has 18 heavy (non-hydrogen) atoms. The van der Waals surface area contributed by atoms with Crippen LogP contribution in [0.5, 0.6) is 0 Å². The summed E-state index contributed by atoms with van der Waals surface area (Å²) in [7, 11) is 1.80. The van der Waals surface area contributed by atoms with Crippen molar-refractivity contribution in [1.82, 2.24) is 10.2 Å². The highest BCUT2D eigenvalue weighted by atomic mass is 32.1. The Morgan fingerprint density at radius 1 is 1.72 bits per heavy atom. The molecule has 1 saturated heterocycles. The minimum atomic E-state index is 0.0116. The molecule has 4 nitrogen and oxygen atoms in total. The molecule has 98 valence electrons. The molecule has 2 heterocycles. The van der Waals surface area contributed by atoms with Crippen LogP contribution in [-0.4, -0.2) is 50.2 Å². The van der Waals surface area contributed by atoms with Crippen molar-refractivity contribution in [3.63, 3.8) is 0 Å². The van der Waals surface area contributed by atoms with E-state index in [9.17, 15) is 4.79 Å². The highest BCUT2D eigenvalue weighted by molar-refractivity contribution is 7.10. The number of likely N-dealkylation sites (N-methyl/N-ethyl adjacent to an activating group) is 1. The Morgan fingerprint density at radius 3 is 3.28 bits per heavy atom. The van der Waals surface area contributed by atoms with E-state index in [2.05, 4.69) is 5.32 Å². The van der Waals surface area contributed by atoms with E-state index in [1.807, 2.05) is 23.6 Å². The normalized spacial score (nSPS) is 20.2. The molecule has 1 aliphatic rings. The van der Waals surface area contributed by atoms with Gasteiger partial charge in [-0.05, 0) is 17.5 Å². The smallest absolute Gasteiger partial charge is 0.246 e. The van der Waals surface area contributed by atoms with E-state index in [-0.39, 0.29) is 12.0 Å². The zero-order chi connectivity index (χ0) is 12.8. The first-order valence-corrected chi connectivity index (χ1v) is 6.92. The van der Waals surface area contributed by atoms with E-state index in [4.69, 9.17) is 4.74 Å². The second-order valence-electron chi connectivity index (χ2n) is 4.26. The van der Waals surface area contributed by atoms with Crippen LogP contribution < -0.4 is 5.32 Å². The first-order valence-electron chi connectivity index (χ1n) is 6.05. The molecule has 1 N–H and O–H groups in total. The summed E-state index contributed by atoms with van der Waals surface area (Å²) < 4.78 is 5.57. The molecule has 1 unspecified atom stereocenters. The van der Waals surface area contributed by atoms with Gasteiger partial charge in [0.25, 0.3) is 0 Å². The molecular formula is C13H18N2O2S. The fourth-order valence-electron chi connectivity index (χ4n) is 1.80. The summed E-state index contributed by atoms with van der Waals surface area (Å²) in [6.45, 7) is 3.05. The Hall–Kier alpha value is -1.17. The third kappa shape index (κ3) is 3.94. The van der Waals surface area contributed by atoms with Gasteiger partial charge in [-0.2, -0.15) is 0 Å². The first kappa shape index (κ1) is 13.3. The lowest BCUT2D eigenvalue weighted by atomic mass is 10.3. The monoisotopic (exact) mass is 266 g/mol. The lowest BCUT2D eigenvalue weighted by Gasteiger charge is -2.27. The molecule has 1 aromatic rings. The van der Waals surface area contributed by atoms with E-state index >= 15 is 0 Å². The second kappa shape index (κ2) is 6.68. The minimum absolute atomic E-state index is 0.0116. The molecule has 0 saturated carbocycles. The predicted molar refractivity (Wildman–Crippen MR) is 73.6 cm³/mol. The number of hydrogen-bond acceptors (Lipinski definition) is 4. The van der Waals surface area contributed by atoms with Crippen molar-refractivity contribution >= 4 is 23.3 Å². The molecular weight excluding hydrogens is 248 g/mol. The summed E-state index contributed by atoms with van der Waals surface area (Å²) in [6, 6.07) is 3.96. The zero-order valence-corrected chi connectivity index (χ0v) is 11.3. The molecule has 1 amide bonds. The van der Waals surface area contributed by atoms with Gasteiger partial charge in [-0.3, -0.25) is 4.79 Å². The maximum Gasteiger partial charge on any atom is 0.246 e. The number of carbonyl (C=O) groups excluding carboxylic acids is 1. The number of nitrogens with zero attached hydrogens (tertiary/aromatic N) is 1. The third-order valence-electron chi connectivity index (χ3n) is 2.79. The molecule has 1 atom stereocenters. The number of hydrogen-bond donors (Lipinski definition) is 1. The largest absolute Gasteiger partial charge is 0.374 e. The van der Waals surface area contributed by atoms with Crippen LogP contribution in [0.3, 0.4) is 0 Å². The van der Waals surface area contributed by atoms with Crippen molar-refractivity contribution in [3.8, 4) is 0 Å². The van der Waals surface area contributed by atoms with Crippen LogP contribution >= 0.6 is 11.3 Å². The van der Waals surface area contributed by atoms with Crippen LogP contribution in [-0.2, 0) is 9.53 Å². The van der Waals surface area contributed by atoms with Crippen LogP contribution in [0.25, 0.3) is 6.08 Å². The van der Waals surface area contributed by atoms with Gasteiger partial charge in [0.15, 0.2) is 0 Å². The molecule has 1 aliphatic heterocycles. The number of rotatable bonds is 4. The van der Waals surface area contributed by atoms with Gasteiger partial charge in [0.1, 0.15) is 0 Å². The number of nitrogens with one attached hydrogen (secondary N) is 1. The van der Waals surface area contributed by atoms with E-state index in [0.29, 0.717) is 6.54 Å². The molecule has 0 bridgehead atoms. The summed E-state index contributed by atoms with van der Waals surface area (Å²) >= 11 is 1.62. The number of amides is 1. The van der Waals surface area contributed by atoms with Gasteiger partial charge in [0, 0.05) is 37.6 Å². The van der Waals surface area contributed by atoms with Crippen molar-refractivity contribution < 1.29 is 9.53 Å². The lowest BCUT2D eigenvalue weighted by Crippen LogP contribution is -2.45. The fraction of sp³-hybridized carbons (Fsp3) is 0.462. The Labute approximate surface area is 111 Å². The Balaban J connectivity index is 1.80. The average Bonchev–Trinajstić information content (AvgIpc) is 2.90. The number of ether oxygens (including phenoxy) is 1. The standard InChI is InChI=1S/C13H18N2O2S/c1-15(10-11-9-14-6-7-17-11)13(16)5-4-12-3-2-8-18-12/h2-5,8,11,14H,6-7,9-10H2,1H3/b5-4+. The first-order chi connectivity index (χ1) is 8.75. The summed E-state index contributed by atoms with van der Waals surface area (Å²) in [5.41, 5.74) is 0. The van der Waals surface area contributed by atoms with Gasteiger partial charge in [0.2, 0.25) is 5.91 Å². The second-order valence-corrected chi connectivity index (χ2v) is 5.24. The van der Waals surface area contributed by atoms with Gasteiger partial charge >= 0.3 is 0 Å². The Bertz CT molecular complexity index is 397. The van der Waals surface area contributed by atoms with Crippen LogP contribution in [0, 0.1) is 0 Å². The molecule has 0 spiro atoms. The lowest BCUT2D eigenvalue weighted by molar-refractivity contribution is -0.126. The maximum absolute atomic E-state index is 11.9. The van der Waals surface area contributed by atoms with Crippen LogP contribution in [0.4, 0.5) is 0 Å². The minimum Gasteiger partial charge on any atom is -0.374 e. The van der Waals surface area contributed by atoms with Crippen LogP contribution in [0.15, 0.2) is 23.6 Å². The summed E-state index contributed by atoms with van der Waals surface area (Å²) in [5, 5.41) is 5.25. The van der Waals surface area contributed by atoms with Crippen molar-refractivity contribution in [2.75, 3.05) is 33.3 Å². The van der Waals surface area contributed by atoms with Gasteiger partial charge in [-0.25, -0.2) is 0 Å². The van der Waals surface area contributed by atoms with Gasteiger partial charge < -0.3 is 15.0 Å². The van der Waals surface area contributed by atoms with E-state index < -0.39 is 0 Å². The van der Waals surface area contributed by atoms with Crippen LogP contribution in [0.1, 0.15) is 4.88 Å². The maximum atomic E-state index is 11.9. The van der Waals surface area contributed by atoms with Gasteiger partial charge in [0.05, 0.1) is 12.7 Å². The van der Waals surface area contributed by atoms with Crippen molar-refractivity contribution in [1.29, 1.82) is 0 Å².